The Balaban J connectivity index is 1.61. The zero-order valence-electron chi connectivity index (χ0n) is 16.8. The summed E-state index contributed by atoms with van der Waals surface area (Å²) >= 11 is 0. The molecule has 0 atom stereocenters. The van der Waals surface area contributed by atoms with Crippen LogP contribution in [0.3, 0.4) is 0 Å². The summed E-state index contributed by atoms with van der Waals surface area (Å²) in [6, 6.07) is 7.64. The van der Waals surface area contributed by atoms with Gasteiger partial charge in [0.1, 0.15) is 6.42 Å². The number of benzene rings is 1. The van der Waals surface area contributed by atoms with Crippen molar-refractivity contribution in [2.45, 2.75) is 38.1 Å². The molecule has 1 N–H and O–H groups in total. The standard InChI is InChI=1S/C21H32N4O2/c1-17-5-7-18(8-6-17)22-19(26)15-20(27)25-12-4-11-24(3)21(16-25)9-13-23(2)14-10-21/h5-8H,4,9-16H2,1-3H3,(H,22,26). The minimum absolute atomic E-state index is 0.0477. The van der Waals surface area contributed by atoms with Crippen molar-refractivity contribution in [1.82, 2.24) is 14.7 Å². The molecule has 2 aliphatic heterocycles. The molecule has 148 valence electrons. The third kappa shape index (κ3) is 4.87. The number of amides is 2. The van der Waals surface area contributed by atoms with Gasteiger partial charge in [0, 0.05) is 30.9 Å². The van der Waals surface area contributed by atoms with Crippen LogP contribution < -0.4 is 5.32 Å². The van der Waals surface area contributed by atoms with Crippen molar-refractivity contribution < 1.29 is 9.59 Å². The van der Waals surface area contributed by atoms with E-state index in [0.717, 1.165) is 63.2 Å². The third-order valence-electron chi connectivity index (χ3n) is 6.13. The molecule has 6 nitrogen and oxygen atoms in total. The van der Waals surface area contributed by atoms with Crippen LogP contribution in [0.25, 0.3) is 0 Å². The lowest BCUT2D eigenvalue weighted by molar-refractivity contribution is -0.136. The molecule has 1 aromatic rings. The predicted octanol–water partition coefficient (Wildman–Crippen LogP) is 1.95. The molecule has 1 aromatic carbocycles. The van der Waals surface area contributed by atoms with Crippen LogP contribution in [0.15, 0.2) is 24.3 Å². The molecule has 0 unspecified atom stereocenters. The average Bonchev–Trinajstić information content (AvgIpc) is 2.79. The quantitative estimate of drug-likeness (QED) is 0.824. The van der Waals surface area contributed by atoms with Gasteiger partial charge in [-0.15, -0.1) is 0 Å². The van der Waals surface area contributed by atoms with Crippen LogP contribution in [0.2, 0.25) is 0 Å². The van der Waals surface area contributed by atoms with Crippen LogP contribution in [-0.2, 0) is 9.59 Å². The number of likely N-dealkylation sites (tertiary alicyclic amines) is 1. The van der Waals surface area contributed by atoms with Gasteiger partial charge in [0.25, 0.3) is 0 Å². The number of nitrogens with zero attached hydrogens (tertiary/aromatic N) is 3. The normalized spacial score (nSPS) is 21.1. The van der Waals surface area contributed by atoms with E-state index in [1.54, 1.807) is 0 Å². The van der Waals surface area contributed by atoms with Crippen molar-refractivity contribution in [1.29, 1.82) is 0 Å². The first-order chi connectivity index (χ1) is 12.9. The number of rotatable bonds is 3. The number of carbonyl (C=O) groups excluding carboxylic acids is 2. The van der Waals surface area contributed by atoms with Crippen LogP contribution in [0.4, 0.5) is 5.69 Å². The summed E-state index contributed by atoms with van der Waals surface area (Å²) in [5, 5.41) is 2.84. The monoisotopic (exact) mass is 372 g/mol. The van der Waals surface area contributed by atoms with Crippen LogP contribution in [-0.4, -0.2) is 78.9 Å². The highest BCUT2D eigenvalue weighted by molar-refractivity contribution is 6.03. The topological polar surface area (TPSA) is 55.9 Å². The van der Waals surface area contributed by atoms with Crippen molar-refractivity contribution in [3.63, 3.8) is 0 Å². The van der Waals surface area contributed by atoms with Gasteiger partial charge in [0.15, 0.2) is 0 Å². The Bertz CT molecular complexity index is 665. The molecule has 1 spiro atoms. The molecule has 2 amide bonds. The summed E-state index contributed by atoms with van der Waals surface area (Å²) < 4.78 is 0. The van der Waals surface area contributed by atoms with E-state index in [-0.39, 0.29) is 23.8 Å². The van der Waals surface area contributed by atoms with E-state index < -0.39 is 0 Å². The second-order valence-corrected chi connectivity index (χ2v) is 8.21. The summed E-state index contributed by atoms with van der Waals surface area (Å²) in [7, 11) is 4.34. The van der Waals surface area contributed by atoms with Gasteiger partial charge in [-0.05, 0) is 65.5 Å². The highest BCUT2D eigenvalue weighted by atomic mass is 16.2. The molecule has 0 aromatic heterocycles. The lowest BCUT2D eigenvalue weighted by Gasteiger charge is -2.47. The molecule has 0 radical (unpaired) electrons. The van der Waals surface area contributed by atoms with Gasteiger partial charge in [-0.3, -0.25) is 14.5 Å². The maximum Gasteiger partial charge on any atom is 0.233 e. The lowest BCUT2D eigenvalue weighted by Crippen LogP contribution is -2.58. The second-order valence-electron chi connectivity index (χ2n) is 8.21. The predicted molar refractivity (Wildman–Crippen MR) is 108 cm³/mol. The van der Waals surface area contributed by atoms with E-state index in [4.69, 9.17) is 0 Å². The van der Waals surface area contributed by atoms with E-state index in [1.165, 1.54) is 0 Å². The van der Waals surface area contributed by atoms with Crippen molar-refractivity contribution in [2.75, 3.05) is 52.1 Å². The largest absolute Gasteiger partial charge is 0.340 e. The Kier molecular flexibility index (Phi) is 6.17. The fourth-order valence-corrected chi connectivity index (χ4v) is 4.17. The lowest BCUT2D eigenvalue weighted by atomic mass is 9.85. The minimum atomic E-state index is -0.237. The van der Waals surface area contributed by atoms with Crippen LogP contribution in [0.1, 0.15) is 31.2 Å². The number of anilines is 1. The van der Waals surface area contributed by atoms with E-state index in [0.29, 0.717) is 0 Å². The van der Waals surface area contributed by atoms with Crippen molar-refractivity contribution in [3.05, 3.63) is 29.8 Å². The fourth-order valence-electron chi connectivity index (χ4n) is 4.17. The Morgan fingerprint density at radius 2 is 1.70 bits per heavy atom. The maximum absolute atomic E-state index is 12.8. The second kappa shape index (κ2) is 8.40. The SMILES string of the molecule is Cc1ccc(NC(=O)CC(=O)N2CCCN(C)C3(CCN(C)CC3)C2)cc1. The van der Waals surface area contributed by atoms with E-state index in [2.05, 4.69) is 29.2 Å². The molecular weight excluding hydrogens is 340 g/mol. The number of carbonyl (C=O) groups is 2. The van der Waals surface area contributed by atoms with Gasteiger partial charge >= 0.3 is 0 Å². The van der Waals surface area contributed by atoms with Gasteiger partial charge in [-0.2, -0.15) is 0 Å². The molecule has 2 heterocycles. The smallest absolute Gasteiger partial charge is 0.233 e. The molecular formula is C21H32N4O2. The van der Waals surface area contributed by atoms with E-state index in [9.17, 15) is 9.59 Å². The molecule has 0 bridgehead atoms. The maximum atomic E-state index is 12.8. The molecule has 2 aliphatic rings. The first kappa shape index (κ1) is 19.8. The number of nitrogens with one attached hydrogen (secondary N) is 1. The third-order valence-corrected chi connectivity index (χ3v) is 6.13. The summed E-state index contributed by atoms with van der Waals surface area (Å²) in [6.45, 7) is 6.58. The Morgan fingerprint density at radius 3 is 2.37 bits per heavy atom. The summed E-state index contributed by atoms with van der Waals surface area (Å²) in [5.74, 6) is -0.299. The molecule has 0 aliphatic carbocycles. The highest BCUT2D eigenvalue weighted by Gasteiger charge is 2.41. The molecule has 2 fully saturated rings. The fraction of sp³-hybridized carbons (Fsp3) is 0.619. The molecule has 6 heteroatoms. The van der Waals surface area contributed by atoms with Gasteiger partial charge in [0.05, 0.1) is 0 Å². The number of piperidine rings is 1. The van der Waals surface area contributed by atoms with Crippen LogP contribution in [0, 0.1) is 6.92 Å². The van der Waals surface area contributed by atoms with Gasteiger partial charge < -0.3 is 15.1 Å². The van der Waals surface area contributed by atoms with Crippen molar-refractivity contribution >= 4 is 17.5 Å². The zero-order valence-corrected chi connectivity index (χ0v) is 16.8. The number of hydrogen-bond donors (Lipinski definition) is 1. The minimum Gasteiger partial charge on any atom is -0.340 e. The van der Waals surface area contributed by atoms with Crippen LogP contribution >= 0.6 is 0 Å². The van der Waals surface area contributed by atoms with Crippen LogP contribution in [0.5, 0.6) is 0 Å². The van der Waals surface area contributed by atoms with Crippen molar-refractivity contribution in [2.24, 2.45) is 0 Å². The van der Waals surface area contributed by atoms with E-state index in [1.807, 2.05) is 36.1 Å². The van der Waals surface area contributed by atoms with E-state index >= 15 is 0 Å². The molecule has 27 heavy (non-hydrogen) atoms. The van der Waals surface area contributed by atoms with Gasteiger partial charge in [-0.1, -0.05) is 17.7 Å². The Hall–Kier alpha value is -1.92. The van der Waals surface area contributed by atoms with Gasteiger partial charge in [-0.25, -0.2) is 0 Å². The molecule has 0 saturated carbocycles. The summed E-state index contributed by atoms with van der Waals surface area (Å²) in [6.07, 6.45) is 3.01. The first-order valence-corrected chi connectivity index (χ1v) is 9.92. The first-order valence-electron chi connectivity index (χ1n) is 9.92. The molecule has 3 rings (SSSR count). The zero-order chi connectivity index (χ0) is 19.4. The number of likely N-dealkylation sites (N-methyl/N-ethyl adjacent to an activating group) is 1. The number of hydrogen-bond acceptors (Lipinski definition) is 4. The highest BCUT2D eigenvalue weighted by Crippen LogP contribution is 2.31. The van der Waals surface area contributed by atoms with Gasteiger partial charge in [0.2, 0.25) is 11.8 Å². The Morgan fingerprint density at radius 1 is 1.04 bits per heavy atom. The average molecular weight is 373 g/mol. The van der Waals surface area contributed by atoms with Crippen molar-refractivity contribution in [3.8, 4) is 0 Å². The summed E-state index contributed by atoms with van der Waals surface area (Å²) in [4.78, 5) is 31.9. The number of aryl methyl sites for hydroxylation is 1. The Labute approximate surface area is 162 Å². The summed E-state index contributed by atoms with van der Waals surface area (Å²) in [5.41, 5.74) is 1.92. The molecule has 2 saturated heterocycles.